The van der Waals surface area contributed by atoms with Crippen LogP contribution in [0.5, 0.6) is 0 Å². The Labute approximate surface area is 144 Å². The lowest BCUT2D eigenvalue weighted by molar-refractivity contribution is -0.136. The van der Waals surface area contributed by atoms with Gasteiger partial charge in [0.05, 0.1) is 23.0 Å². The summed E-state index contributed by atoms with van der Waals surface area (Å²) in [6.07, 6.45) is 0.334. The topological polar surface area (TPSA) is 74.8 Å². The van der Waals surface area contributed by atoms with Gasteiger partial charge in [0.25, 0.3) is 5.91 Å². The number of carbonyl (C=O) groups excluding carboxylic acids is 2. The van der Waals surface area contributed by atoms with Crippen LogP contribution >= 0.6 is 0 Å². The molecule has 136 valence electrons. The Kier molecular flexibility index (Phi) is 4.77. The van der Waals surface area contributed by atoms with E-state index >= 15 is 0 Å². The summed E-state index contributed by atoms with van der Waals surface area (Å²) < 4.78 is 49.7. The third-order valence-corrected chi connectivity index (χ3v) is 6.39. The second kappa shape index (κ2) is 6.70. The Hall–Kier alpha value is -2.03. The lowest BCUT2D eigenvalue weighted by Gasteiger charge is -2.36. The van der Waals surface area contributed by atoms with Crippen LogP contribution in [0.4, 0.5) is 8.78 Å². The normalized spacial score (nSPS) is 22.9. The molecule has 0 radical (unpaired) electrons. The zero-order chi connectivity index (χ0) is 18.2. The van der Waals surface area contributed by atoms with Crippen molar-refractivity contribution in [2.45, 2.75) is 6.42 Å². The van der Waals surface area contributed by atoms with Crippen LogP contribution in [0.1, 0.15) is 16.8 Å². The van der Waals surface area contributed by atoms with Gasteiger partial charge in [-0.15, -0.1) is 0 Å². The van der Waals surface area contributed by atoms with Crippen molar-refractivity contribution in [3.63, 3.8) is 0 Å². The molecule has 2 heterocycles. The largest absolute Gasteiger partial charge is 0.339 e. The fraction of sp³-hybridized carbons (Fsp3) is 0.500. The van der Waals surface area contributed by atoms with Gasteiger partial charge in [-0.05, 0) is 18.6 Å². The van der Waals surface area contributed by atoms with Crippen LogP contribution in [0.25, 0.3) is 0 Å². The van der Waals surface area contributed by atoms with Crippen molar-refractivity contribution >= 4 is 21.7 Å². The minimum absolute atomic E-state index is 0.0334. The van der Waals surface area contributed by atoms with Crippen molar-refractivity contribution in [3.8, 4) is 0 Å². The summed E-state index contributed by atoms with van der Waals surface area (Å²) in [5.41, 5.74) is -0.205. The summed E-state index contributed by atoms with van der Waals surface area (Å²) in [4.78, 5) is 27.7. The van der Waals surface area contributed by atoms with Gasteiger partial charge in [-0.25, -0.2) is 17.2 Å². The van der Waals surface area contributed by atoms with Gasteiger partial charge < -0.3 is 9.80 Å². The van der Waals surface area contributed by atoms with Crippen LogP contribution in [0.15, 0.2) is 18.2 Å². The molecule has 2 aliphatic heterocycles. The van der Waals surface area contributed by atoms with E-state index in [1.807, 2.05) is 0 Å². The van der Waals surface area contributed by atoms with Gasteiger partial charge in [-0.1, -0.05) is 0 Å². The quantitative estimate of drug-likeness (QED) is 0.765. The number of sulfone groups is 1. The number of halogens is 2. The Morgan fingerprint density at radius 2 is 1.68 bits per heavy atom. The van der Waals surface area contributed by atoms with Gasteiger partial charge in [0.2, 0.25) is 5.91 Å². The highest BCUT2D eigenvalue weighted by Gasteiger charge is 2.36. The predicted molar refractivity (Wildman–Crippen MR) is 85.6 cm³/mol. The van der Waals surface area contributed by atoms with Gasteiger partial charge >= 0.3 is 0 Å². The first kappa shape index (κ1) is 17.8. The number of nitrogens with zero attached hydrogens (tertiary/aromatic N) is 2. The minimum atomic E-state index is -3.13. The highest BCUT2D eigenvalue weighted by Crippen LogP contribution is 2.22. The number of amides is 2. The van der Waals surface area contributed by atoms with Crippen LogP contribution in [0.2, 0.25) is 0 Å². The van der Waals surface area contributed by atoms with Crippen molar-refractivity contribution in [2.75, 3.05) is 37.7 Å². The molecular weight excluding hydrogens is 354 g/mol. The molecule has 0 spiro atoms. The molecule has 1 aromatic rings. The lowest BCUT2D eigenvalue weighted by Crippen LogP contribution is -2.52. The molecule has 0 saturated carbocycles. The van der Waals surface area contributed by atoms with E-state index in [0.717, 1.165) is 12.1 Å². The average molecular weight is 372 g/mol. The van der Waals surface area contributed by atoms with Crippen LogP contribution < -0.4 is 0 Å². The molecule has 25 heavy (non-hydrogen) atoms. The van der Waals surface area contributed by atoms with Gasteiger partial charge in [-0.2, -0.15) is 0 Å². The van der Waals surface area contributed by atoms with Gasteiger partial charge in [0.15, 0.2) is 9.84 Å². The SMILES string of the molecule is O=C(c1ccc(F)cc1F)N1CCN(C(=O)C2CCS(=O)(=O)C2)CC1. The summed E-state index contributed by atoms with van der Waals surface area (Å²) in [6, 6.07) is 2.79. The molecule has 9 heteroatoms. The molecule has 1 atom stereocenters. The summed E-state index contributed by atoms with van der Waals surface area (Å²) >= 11 is 0. The van der Waals surface area contributed by atoms with Crippen molar-refractivity contribution in [2.24, 2.45) is 5.92 Å². The first-order valence-corrected chi connectivity index (χ1v) is 9.82. The molecule has 1 aromatic carbocycles. The standard InChI is InChI=1S/C16H18F2N2O4S/c17-12-1-2-13(14(18)9-12)16(22)20-6-4-19(5-7-20)15(21)11-3-8-25(23,24)10-11/h1-2,9,11H,3-8,10H2. The second-order valence-corrected chi connectivity index (χ2v) is 8.57. The fourth-order valence-electron chi connectivity index (χ4n) is 3.21. The molecule has 2 saturated heterocycles. The molecule has 6 nitrogen and oxygen atoms in total. The number of rotatable bonds is 2. The first-order chi connectivity index (χ1) is 11.8. The number of benzene rings is 1. The third kappa shape index (κ3) is 3.81. The molecule has 2 fully saturated rings. The van der Waals surface area contributed by atoms with Gasteiger partial charge in [-0.3, -0.25) is 9.59 Å². The van der Waals surface area contributed by atoms with Crippen molar-refractivity contribution in [1.82, 2.24) is 9.80 Å². The van der Waals surface area contributed by atoms with Crippen LogP contribution in [0, 0.1) is 17.6 Å². The average Bonchev–Trinajstić information content (AvgIpc) is 2.94. The zero-order valence-electron chi connectivity index (χ0n) is 13.5. The van der Waals surface area contributed by atoms with E-state index in [2.05, 4.69) is 0 Å². The van der Waals surface area contributed by atoms with E-state index in [1.165, 1.54) is 4.90 Å². The molecule has 3 rings (SSSR count). The highest BCUT2D eigenvalue weighted by molar-refractivity contribution is 7.91. The van der Waals surface area contributed by atoms with E-state index in [-0.39, 0.29) is 49.2 Å². The number of hydrogen-bond donors (Lipinski definition) is 0. The predicted octanol–water partition coefficient (Wildman–Crippen LogP) is 0.684. The fourth-order valence-corrected chi connectivity index (χ4v) is 4.94. The number of piperazine rings is 1. The van der Waals surface area contributed by atoms with Crippen molar-refractivity contribution < 1.29 is 26.8 Å². The molecule has 0 bridgehead atoms. The van der Waals surface area contributed by atoms with Crippen LogP contribution in [-0.4, -0.2) is 67.7 Å². The van der Waals surface area contributed by atoms with Crippen molar-refractivity contribution in [3.05, 3.63) is 35.4 Å². The monoisotopic (exact) mass is 372 g/mol. The molecule has 0 aromatic heterocycles. The summed E-state index contributed by atoms with van der Waals surface area (Å²) in [6.45, 7) is 0.982. The summed E-state index contributed by atoms with van der Waals surface area (Å²) in [5, 5.41) is 0. The smallest absolute Gasteiger partial charge is 0.256 e. The maximum absolute atomic E-state index is 13.7. The molecule has 0 N–H and O–H groups in total. The maximum atomic E-state index is 13.7. The van der Waals surface area contributed by atoms with E-state index in [1.54, 1.807) is 4.90 Å². The molecular formula is C16H18F2N2O4S. The van der Waals surface area contributed by atoms with Crippen molar-refractivity contribution in [1.29, 1.82) is 0 Å². The number of hydrogen-bond acceptors (Lipinski definition) is 4. The Morgan fingerprint density at radius 1 is 1.04 bits per heavy atom. The molecule has 2 aliphatic rings. The van der Waals surface area contributed by atoms with Gasteiger partial charge in [0, 0.05) is 32.2 Å². The van der Waals surface area contributed by atoms with E-state index < -0.39 is 33.3 Å². The second-order valence-electron chi connectivity index (χ2n) is 6.34. The lowest BCUT2D eigenvalue weighted by atomic mass is 10.1. The molecule has 2 amide bonds. The van der Waals surface area contributed by atoms with Crippen LogP contribution in [0.3, 0.4) is 0 Å². The zero-order valence-corrected chi connectivity index (χ0v) is 14.3. The summed E-state index contributed by atoms with van der Waals surface area (Å²) in [5.74, 6) is -3.02. The number of carbonyl (C=O) groups is 2. The Bertz CT molecular complexity index is 804. The van der Waals surface area contributed by atoms with Crippen LogP contribution in [-0.2, 0) is 14.6 Å². The van der Waals surface area contributed by atoms with E-state index in [0.29, 0.717) is 12.5 Å². The third-order valence-electron chi connectivity index (χ3n) is 4.62. The van der Waals surface area contributed by atoms with Gasteiger partial charge in [0.1, 0.15) is 11.6 Å². The highest BCUT2D eigenvalue weighted by atomic mass is 32.2. The maximum Gasteiger partial charge on any atom is 0.256 e. The summed E-state index contributed by atoms with van der Waals surface area (Å²) in [7, 11) is -3.13. The first-order valence-electron chi connectivity index (χ1n) is 8.00. The Balaban J connectivity index is 1.60. The van der Waals surface area contributed by atoms with E-state index in [9.17, 15) is 26.8 Å². The Morgan fingerprint density at radius 3 is 2.24 bits per heavy atom. The molecule has 1 unspecified atom stereocenters. The minimum Gasteiger partial charge on any atom is -0.339 e. The molecule has 0 aliphatic carbocycles. The van der Waals surface area contributed by atoms with E-state index in [4.69, 9.17) is 0 Å².